The van der Waals surface area contributed by atoms with Gasteiger partial charge in [-0.15, -0.1) is 0 Å². The Balaban J connectivity index is 2.68. The van der Waals surface area contributed by atoms with Crippen molar-refractivity contribution in [1.29, 1.82) is 0 Å². The summed E-state index contributed by atoms with van der Waals surface area (Å²) in [5, 5.41) is 2.61. The highest BCUT2D eigenvalue weighted by atomic mass is 16.5. The van der Waals surface area contributed by atoms with E-state index in [4.69, 9.17) is 4.74 Å². The van der Waals surface area contributed by atoms with Gasteiger partial charge in [-0.25, -0.2) is 9.97 Å². The molecule has 0 fully saturated rings. The molecule has 17 heavy (non-hydrogen) atoms. The highest BCUT2D eigenvalue weighted by Crippen LogP contribution is 2.12. The fraction of sp³-hybridized carbons (Fsp3) is 0.417. The SMILES string of the molecule is C=C(OCC)c1cnc(NC(=O)C(C)C)nc1. The summed E-state index contributed by atoms with van der Waals surface area (Å²) in [5.74, 6) is 0.601. The molecule has 1 N–H and O–H groups in total. The third-order valence-corrected chi connectivity index (χ3v) is 2.05. The standard InChI is InChI=1S/C12H17N3O2/c1-5-17-9(4)10-6-13-12(14-7-10)15-11(16)8(2)3/h6-8H,4-5H2,1-3H3,(H,13,14,15,16). The minimum Gasteiger partial charge on any atom is -0.494 e. The van der Waals surface area contributed by atoms with Gasteiger partial charge < -0.3 is 4.74 Å². The van der Waals surface area contributed by atoms with Gasteiger partial charge in [0.1, 0.15) is 5.76 Å². The lowest BCUT2D eigenvalue weighted by Crippen LogP contribution is -2.19. The first kappa shape index (κ1) is 13.2. The zero-order valence-corrected chi connectivity index (χ0v) is 10.4. The molecule has 0 aliphatic rings. The molecule has 0 radical (unpaired) electrons. The van der Waals surface area contributed by atoms with Crippen molar-refractivity contribution in [3.8, 4) is 0 Å². The fourth-order valence-corrected chi connectivity index (χ4v) is 1.05. The number of nitrogens with one attached hydrogen (secondary N) is 1. The molecule has 0 atom stereocenters. The van der Waals surface area contributed by atoms with Gasteiger partial charge in [0.15, 0.2) is 0 Å². The van der Waals surface area contributed by atoms with E-state index >= 15 is 0 Å². The minimum atomic E-state index is -0.110. The quantitative estimate of drug-likeness (QED) is 0.793. The van der Waals surface area contributed by atoms with Crippen LogP contribution in [0.4, 0.5) is 5.95 Å². The maximum Gasteiger partial charge on any atom is 0.229 e. The number of hydrogen-bond acceptors (Lipinski definition) is 4. The van der Waals surface area contributed by atoms with Gasteiger partial charge in [0, 0.05) is 18.3 Å². The number of carbonyl (C=O) groups excluding carboxylic acids is 1. The van der Waals surface area contributed by atoms with E-state index in [0.717, 1.165) is 0 Å². The minimum absolute atomic E-state index is 0.100. The highest BCUT2D eigenvalue weighted by molar-refractivity contribution is 5.90. The van der Waals surface area contributed by atoms with Crippen LogP contribution in [0, 0.1) is 5.92 Å². The van der Waals surface area contributed by atoms with Crippen LogP contribution < -0.4 is 5.32 Å². The molecule has 0 aliphatic heterocycles. The largest absolute Gasteiger partial charge is 0.494 e. The van der Waals surface area contributed by atoms with Gasteiger partial charge >= 0.3 is 0 Å². The van der Waals surface area contributed by atoms with E-state index in [1.54, 1.807) is 26.2 Å². The molecule has 92 valence electrons. The zero-order chi connectivity index (χ0) is 12.8. The van der Waals surface area contributed by atoms with Crippen LogP contribution in [0.5, 0.6) is 0 Å². The Morgan fingerprint density at radius 3 is 2.53 bits per heavy atom. The molecule has 0 aliphatic carbocycles. The number of anilines is 1. The van der Waals surface area contributed by atoms with Crippen molar-refractivity contribution in [1.82, 2.24) is 9.97 Å². The third kappa shape index (κ3) is 3.86. The Morgan fingerprint density at radius 2 is 2.06 bits per heavy atom. The first-order valence-corrected chi connectivity index (χ1v) is 5.49. The van der Waals surface area contributed by atoms with Gasteiger partial charge in [0.2, 0.25) is 11.9 Å². The van der Waals surface area contributed by atoms with Gasteiger partial charge in [-0.2, -0.15) is 0 Å². The molecule has 0 aromatic carbocycles. The Morgan fingerprint density at radius 1 is 1.47 bits per heavy atom. The van der Waals surface area contributed by atoms with Crippen LogP contribution in [-0.2, 0) is 9.53 Å². The molecule has 0 saturated carbocycles. The normalized spacial score (nSPS) is 10.1. The van der Waals surface area contributed by atoms with Gasteiger partial charge in [-0.1, -0.05) is 20.4 Å². The van der Waals surface area contributed by atoms with Gasteiger partial charge in [-0.3, -0.25) is 10.1 Å². The average molecular weight is 235 g/mol. The lowest BCUT2D eigenvalue weighted by molar-refractivity contribution is -0.118. The number of amides is 1. The van der Waals surface area contributed by atoms with Crippen molar-refractivity contribution in [3.63, 3.8) is 0 Å². The second kappa shape index (κ2) is 5.98. The Kier molecular flexibility index (Phi) is 4.63. The lowest BCUT2D eigenvalue weighted by Gasteiger charge is -2.08. The summed E-state index contributed by atoms with van der Waals surface area (Å²) < 4.78 is 5.23. The van der Waals surface area contributed by atoms with Crippen molar-refractivity contribution >= 4 is 17.6 Å². The Labute approximate surface area is 101 Å². The summed E-state index contributed by atoms with van der Waals surface area (Å²) in [6, 6.07) is 0. The number of hydrogen-bond donors (Lipinski definition) is 1. The van der Waals surface area contributed by atoms with Crippen LogP contribution in [0.2, 0.25) is 0 Å². The lowest BCUT2D eigenvalue weighted by atomic mass is 10.2. The maximum absolute atomic E-state index is 11.4. The summed E-state index contributed by atoms with van der Waals surface area (Å²) in [6.45, 7) is 9.78. The van der Waals surface area contributed by atoms with Crippen LogP contribution in [0.1, 0.15) is 26.3 Å². The molecule has 5 heteroatoms. The predicted octanol–water partition coefficient (Wildman–Crippen LogP) is 2.08. The molecule has 0 bridgehead atoms. The number of nitrogens with zero attached hydrogens (tertiary/aromatic N) is 2. The molecule has 1 aromatic heterocycles. The number of aromatic nitrogens is 2. The van der Waals surface area contributed by atoms with Crippen LogP contribution in [0.25, 0.3) is 5.76 Å². The van der Waals surface area contributed by atoms with E-state index in [0.29, 0.717) is 17.9 Å². The first-order chi connectivity index (χ1) is 8.04. The van der Waals surface area contributed by atoms with Crippen molar-refractivity contribution in [2.45, 2.75) is 20.8 Å². The second-order valence-corrected chi connectivity index (χ2v) is 3.80. The Bertz CT molecular complexity index is 399. The van der Waals surface area contributed by atoms with E-state index in [1.807, 2.05) is 6.92 Å². The van der Waals surface area contributed by atoms with Gasteiger partial charge in [0.25, 0.3) is 0 Å². The van der Waals surface area contributed by atoms with E-state index < -0.39 is 0 Å². The first-order valence-electron chi connectivity index (χ1n) is 5.49. The molecule has 1 rings (SSSR count). The molecular weight excluding hydrogens is 218 g/mol. The molecule has 5 nitrogen and oxygen atoms in total. The molecule has 1 amide bonds. The molecule has 0 unspecified atom stereocenters. The number of ether oxygens (including phenoxy) is 1. The summed E-state index contributed by atoms with van der Waals surface area (Å²) in [7, 11) is 0. The van der Waals surface area contributed by atoms with Gasteiger partial charge in [-0.05, 0) is 6.92 Å². The molecule has 0 spiro atoms. The highest BCUT2D eigenvalue weighted by Gasteiger charge is 2.09. The van der Waals surface area contributed by atoms with E-state index in [9.17, 15) is 4.79 Å². The van der Waals surface area contributed by atoms with Crippen LogP contribution >= 0.6 is 0 Å². The van der Waals surface area contributed by atoms with Crippen LogP contribution in [0.3, 0.4) is 0 Å². The van der Waals surface area contributed by atoms with E-state index in [-0.39, 0.29) is 17.8 Å². The van der Waals surface area contributed by atoms with Crippen LogP contribution in [0.15, 0.2) is 19.0 Å². The predicted molar refractivity (Wildman–Crippen MR) is 66.2 cm³/mol. The van der Waals surface area contributed by atoms with Crippen molar-refractivity contribution in [3.05, 3.63) is 24.5 Å². The summed E-state index contributed by atoms with van der Waals surface area (Å²) in [5.41, 5.74) is 0.703. The topological polar surface area (TPSA) is 64.1 Å². The summed E-state index contributed by atoms with van der Waals surface area (Å²) in [6.07, 6.45) is 3.14. The zero-order valence-electron chi connectivity index (χ0n) is 10.4. The third-order valence-electron chi connectivity index (χ3n) is 2.05. The molecule has 0 saturated heterocycles. The van der Waals surface area contributed by atoms with Crippen molar-refractivity contribution in [2.24, 2.45) is 5.92 Å². The summed E-state index contributed by atoms with van der Waals surface area (Å²) in [4.78, 5) is 19.4. The molecule has 1 heterocycles. The monoisotopic (exact) mass is 235 g/mol. The number of rotatable bonds is 5. The Hall–Kier alpha value is -1.91. The van der Waals surface area contributed by atoms with E-state index in [1.165, 1.54) is 0 Å². The van der Waals surface area contributed by atoms with E-state index in [2.05, 4.69) is 21.9 Å². The number of carbonyl (C=O) groups is 1. The smallest absolute Gasteiger partial charge is 0.229 e. The molecule has 1 aromatic rings. The summed E-state index contributed by atoms with van der Waals surface area (Å²) >= 11 is 0. The van der Waals surface area contributed by atoms with Crippen LogP contribution in [-0.4, -0.2) is 22.5 Å². The van der Waals surface area contributed by atoms with Crippen molar-refractivity contribution in [2.75, 3.05) is 11.9 Å². The fourth-order valence-electron chi connectivity index (χ4n) is 1.05. The van der Waals surface area contributed by atoms with Gasteiger partial charge in [0.05, 0.1) is 12.2 Å². The average Bonchev–Trinajstić information content (AvgIpc) is 2.30. The molecular formula is C12H17N3O2. The maximum atomic E-state index is 11.4. The second-order valence-electron chi connectivity index (χ2n) is 3.80. The van der Waals surface area contributed by atoms with Crippen molar-refractivity contribution < 1.29 is 9.53 Å².